The van der Waals surface area contributed by atoms with E-state index in [0.29, 0.717) is 16.3 Å². The van der Waals surface area contributed by atoms with Crippen LogP contribution < -0.4 is 10.1 Å². The van der Waals surface area contributed by atoms with Crippen LogP contribution in [0.5, 0.6) is 5.75 Å². The van der Waals surface area contributed by atoms with Crippen molar-refractivity contribution in [1.82, 2.24) is 5.32 Å². The summed E-state index contributed by atoms with van der Waals surface area (Å²) in [7, 11) is 1.50. The van der Waals surface area contributed by atoms with Crippen LogP contribution in [-0.4, -0.2) is 23.8 Å². The summed E-state index contributed by atoms with van der Waals surface area (Å²) in [4.78, 5) is 22.4. The highest BCUT2D eigenvalue weighted by Crippen LogP contribution is 2.34. The van der Waals surface area contributed by atoms with Crippen molar-refractivity contribution in [3.63, 3.8) is 0 Å². The van der Waals surface area contributed by atoms with Crippen LogP contribution in [0.3, 0.4) is 0 Å². The van der Waals surface area contributed by atoms with Crippen LogP contribution in [0, 0.1) is 0 Å². The smallest absolute Gasteiger partial charge is 0.241 e. The maximum absolute atomic E-state index is 11.6. The standard InChI is InChI=1S/C11H9BrClNO3/c1-17-7-4-5(2-3-6(7)13)8-9(12)11(16)14-10(8)15/h2-4,8-9H,1H3,(H,14,15,16). The van der Waals surface area contributed by atoms with Crippen LogP contribution in [0.2, 0.25) is 5.02 Å². The summed E-state index contributed by atoms with van der Waals surface area (Å²) in [6.07, 6.45) is 0. The van der Waals surface area contributed by atoms with Crippen molar-refractivity contribution in [3.8, 4) is 5.75 Å². The lowest BCUT2D eigenvalue weighted by Crippen LogP contribution is -2.22. The Morgan fingerprint density at radius 2 is 2.06 bits per heavy atom. The Kier molecular flexibility index (Phi) is 3.40. The third kappa shape index (κ3) is 2.17. The largest absolute Gasteiger partial charge is 0.495 e. The summed E-state index contributed by atoms with van der Waals surface area (Å²) >= 11 is 9.11. The number of hydrogen-bond acceptors (Lipinski definition) is 3. The molecular weight excluding hydrogens is 309 g/mol. The van der Waals surface area contributed by atoms with Gasteiger partial charge in [-0.2, -0.15) is 0 Å². The number of nitrogens with one attached hydrogen (secondary N) is 1. The molecule has 4 nitrogen and oxygen atoms in total. The number of benzene rings is 1. The predicted octanol–water partition coefficient (Wildman–Crippen LogP) is 1.85. The Labute approximate surface area is 111 Å². The fourth-order valence-electron chi connectivity index (χ4n) is 1.74. The molecule has 2 unspecified atom stereocenters. The summed E-state index contributed by atoms with van der Waals surface area (Å²) in [6, 6.07) is 5.02. The number of hydrogen-bond donors (Lipinski definition) is 1. The zero-order valence-electron chi connectivity index (χ0n) is 8.87. The summed E-state index contributed by atoms with van der Waals surface area (Å²) in [6.45, 7) is 0. The minimum atomic E-state index is -0.555. The minimum absolute atomic E-state index is 0.318. The van der Waals surface area contributed by atoms with Gasteiger partial charge in [-0.15, -0.1) is 0 Å². The van der Waals surface area contributed by atoms with Crippen LogP contribution >= 0.6 is 27.5 Å². The van der Waals surface area contributed by atoms with Gasteiger partial charge in [-0.25, -0.2) is 0 Å². The second kappa shape index (κ2) is 4.66. The molecule has 0 aromatic heterocycles. The summed E-state index contributed by atoms with van der Waals surface area (Å²) in [5.41, 5.74) is 0.691. The lowest BCUT2D eigenvalue weighted by Gasteiger charge is -2.12. The molecule has 2 rings (SSSR count). The zero-order valence-corrected chi connectivity index (χ0v) is 11.2. The first kappa shape index (κ1) is 12.4. The van der Waals surface area contributed by atoms with Gasteiger partial charge in [-0.05, 0) is 17.7 Å². The topological polar surface area (TPSA) is 55.4 Å². The lowest BCUT2D eigenvalue weighted by molar-refractivity contribution is -0.125. The molecule has 1 aliphatic rings. The van der Waals surface area contributed by atoms with Crippen molar-refractivity contribution in [2.24, 2.45) is 0 Å². The number of amides is 2. The molecule has 6 heteroatoms. The third-order valence-corrected chi connectivity index (χ3v) is 3.86. The number of ether oxygens (including phenoxy) is 1. The van der Waals surface area contributed by atoms with Gasteiger partial charge in [0.15, 0.2) is 0 Å². The number of rotatable bonds is 2. The fourth-order valence-corrected chi connectivity index (χ4v) is 2.60. The minimum Gasteiger partial charge on any atom is -0.495 e. The number of alkyl halides is 1. The van der Waals surface area contributed by atoms with E-state index in [1.165, 1.54) is 7.11 Å². The molecule has 0 saturated carbocycles. The molecule has 0 spiro atoms. The van der Waals surface area contributed by atoms with E-state index in [1.807, 2.05) is 0 Å². The molecule has 17 heavy (non-hydrogen) atoms. The van der Waals surface area contributed by atoms with E-state index in [1.54, 1.807) is 18.2 Å². The molecule has 1 N–H and O–H groups in total. The Bertz CT molecular complexity index is 492. The zero-order chi connectivity index (χ0) is 12.6. The summed E-state index contributed by atoms with van der Waals surface area (Å²) in [5, 5.41) is 2.73. The van der Waals surface area contributed by atoms with Crippen LogP contribution in [0.15, 0.2) is 18.2 Å². The van der Waals surface area contributed by atoms with Crippen molar-refractivity contribution in [2.75, 3.05) is 7.11 Å². The molecule has 1 aromatic rings. The Balaban J connectivity index is 2.40. The SMILES string of the molecule is COc1cc(C2C(=O)NC(=O)C2Br)ccc1Cl. The predicted molar refractivity (Wildman–Crippen MR) is 66.6 cm³/mol. The lowest BCUT2D eigenvalue weighted by atomic mass is 9.97. The molecule has 1 saturated heterocycles. The summed E-state index contributed by atoms with van der Waals surface area (Å²) in [5.74, 6) is -0.708. The van der Waals surface area contributed by atoms with Gasteiger partial charge in [-0.1, -0.05) is 33.6 Å². The van der Waals surface area contributed by atoms with Gasteiger partial charge in [0.25, 0.3) is 0 Å². The van der Waals surface area contributed by atoms with Crippen LogP contribution in [0.1, 0.15) is 11.5 Å². The highest BCUT2D eigenvalue weighted by Gasteiger charge is 2.41. The van der Waals surface area contributed by atoms with Crippen molar-refractivity contribution < 1.29 is 14.3 Å². The van der Waals surface area contributed by atoms with E-state index in [-0.39, 0.29) is 11.8 Å². The Hall–Kier alpha value is -1.07. The first-order chi connectivity index (χ1) is 8.04. The Morgan fingerprint density at radius 1 is 1.35 bits per heavy atom. The van der Waals surface area contributed by atoms with E-state index in [9.17, 15) is 9.59 Å². The number of methoxy groups -OCH3 is 1. The summed E-state index contributed by atoms with van der Waals surface area (Å²) < 4.78 is 5.08. The molecule has 1 heterocycles. The fraction of sp³-hybridized carbons (Fsp3) is 0.273. The molecular formula is C11H9BrClNO3. The molecule has 0 aliphatic carbocycles. The van der Waals surface area contributed by atoms with Gasteiger partial charge in [0, 0.05) is 0 Å². The van der Waals surface area contributed by atoms with E-state index < -0.39 is 10.7 Å². The average Bonchev–Trinajstić information content (AvgIpc) is 2.55. The maximum atomic E-state index is 11.6. The first-order valence-electron chi connectivity index (χ1n) is 4.87. The van der Waals surface area contributed by atoms with Gasteiger partial charge in [-0.3, -0.25) is 14.9 Å². The van der Waals surface area contributed by atoms with Crippen LogP contribution in [0.4, 0.5) is 0 Å². The van der Waals surface area contributed by atoms with Crippen LogP contribution in [0.25, 0.3) is 0 Å². The molecule has 2 atom stereocenters. The van der Waals surface area contributed by atoms with E-state index in [2.05, 4.69) is 21.2 Å². The Morgan fingerprint density at radius 3 is 2.59 bits per heavy atom. The highest BCUT2D eigenvalue weighted by molar-refractivity contribution is 9.10. The molecule has 1 aromatic carbocycles. The molecule has 2 amide bonds. The molecule has 0 radical (unpaired) electrons. The van der Waals surface area contributed by atoms with Gasteiger partial charge in [0.2, 0.25) is 11.8 Å². The quantitative estimate of drug-likeness (QED) is 0.669. The monoisotopic (exact) mass is 317 g/mol. The van der Waals surface area contributed by atoms with E-state index >= 15 is 0 Å². The molecule has 90 valence electrons. The van der Waals surface area contributed by atoms with Crippen LogP contribution in [-0.2, 0) is 9.59 Å². The van der Waals surface area contributed by atoms with E-state index in [4.69, 9.17) is 16.3 Å². The maximum Gasteiger partial charge on any atom is 0.241 e. The first-order valence-corrected chi connectivity index (χ1v) is 6.16. The number of carbonyl (C=O) groups excluding carboxylic acids is 2. The second-order valence-electron chi connectivity index (χ2n) is 3.63. The van der Waals surface area contributed by atoms with Gasteiger partial charge < -0.3 is 4.74 Å². The van der Waals surface area contributed by atoms with Crippen molar-refractivity contribution >= 4 is 39.3 Å². The second-order valence-corrected chi connectivity index (χ2v) is 5.02. The third-order valence-electron chi connectivity index (χ3n) is 2.61. The van der Waals surface area contributed by atoms with Gasteiger partial charge in [0.05, 0.1) is 18.1 Å². The van der Waals surface area contributed by atoms with Crippen molar-refractivity contribution in [1.29, 1.82) is 0 Å². The average molecular weight is 319 g/mol. The van der Waals surface area contributed by atoms with Crippen molar-refractivity contribution in [3.05, 3.63) is 28.8 Å². The van der Waals surface area contributed by atoms with Gasteiger partial charge in [0.1, 0.15) is 10.6 Å². The van der Waals surface area contributed by atoms with Crippen molar-refractivity contribution in [2.45, 2.75) is 10.7 Å². The molecule has 1 aliphatic heterocycles. The number of carbonyl (C=O) groups is 2. The van der Waals surface area contributed by atoms with E-state index in [0.717, 1.165) is 0 Å². The number of halogens is 2. The highest BCUT2D eigenvalue weighted by atomic mass is 79.9. The number of imide groups is 1. The van der Waals surface area contributed by atoms with Gasteiger partial charge >= 0.3 is 0 Å². The molecule has 0 bridgehead atoms. The molecule has 1 fully saturated rings. The normalized spacial score (nSPS) is 23.7.